The third-order valence-corrected chi connectivity index (χ3v) is 4.61. The highest BCUT2D eigenvalue weighted by atomic mass is 16.5. The maximum Gasteiger partial charge on any atom is 0.252 e. The van der Waals surface area contributed by atoms with E-state index in [0.717, 1.165) is 31.4 Å². The molecule has 1 fully saturated rings. The van der Waals surface area contributed by atoms with E-state index in [0.29, 0.717) is 13.0 Å². The summed E-state index contributed by atoms with van der Waals surface area (Å²) in [6, 6.07) is 8.66. The van der Waals surface area contributed by atoms with E-state index in [1.54, 1.807) is 0 Å². The molecule has 3 rings (SSSR count). The van der Waals surface area contributed by atoms with Gasteiger partial charge in [-0.15, -0.1) is 0 Å². The van der Waals surface area contributed by atoms with Crippen molar-refractivity contribution in [1.82, 2.24) is 4.90 Å². The molecule has 3 nitrogen and oxygen atoms in total. The standard InChI is InChI=1S/C18H23NO2/c1-3-16-15-7-5-4-6-14(15)8-10-19(16)18(20)17-12-13(2)9-11-21-17/h4-7,16-17H,2-3,8-12H2,1H3/t16-,17?/m0/s1. The van der Waals surface area contributed by atoms with Crippen LogP contribution in [0, 0.1) is 0 Å². The van der Waals surface area contributed by atoms with Gasteiger partial charge in [0.05, 0.1) is 12.6 Å². The fraction of sp³-hybridized carbons (Fsp3) is 0.500. The first-order valence-electron chi connectivity index (χ1n) is 7.87. The molecule has 0 bridgehead atoms. The lowest BCUT2D eigenvalue weighted by atomic mass is 9.90. The minimum Gasteiger partial charge on any atom is -0.368 e. The van der Waals surface area contributed by atoms with Crippen LogP contribution in [-0.2, 0) is 16.0 Å². The first-order valence-corrected chi connectivity index (χ1v) is 7.87. The van der Waals surface area contributed by atoms with Crippen LogP contribution in [0.2, 0.25) is 0 Å². The normalized spacial score (nSPS) is 25.6. The number of benzene rings is 1. The Morgan fingerprint density at radius 2 is 2.19 bits per heavy atom. The molecular weight excluding hydrogens is 262 g/mol. The van der Waals surface area contributed by atoms with E-state index in [-0.39, 0.29) is 18.1 Å². The predicted octanol–water partition coefficient (Wildman–Crippen LogP) is 3.26. The van der Waals surface area contributed by atoms with Crippen molar-refractivity contribution < 1.29 is 9.53 Å². The molecule has 3 heteroatoms. The Kier molecular flexibility index (Phi) is 4.11. The Morgan fingerprint density at radius 1 is 1.38 bits per heavy atom. The van der Waals surface area contributed by atoms with Crippen molar-refractivity contribution >= 4 is 5.91 Å². The van der Waals surface area contributed by atoms with Gasteiger partial charge >= 0.3 is 0 Å². The van der Waals surface area contributed by atoms with Crippen molar-refractivity contribution in [2.45, 2.75) is 44.8 Å². The van der Waals surface area contributed by atoms with Crippen LogP contribution in [0.5, 0.6) is 0 Å². The molecular formula is C18H23NO2. The third kappa shape index (κ3) is 2.75. The van der Waals surface area contributed by atoms with Crippen molar-refractivity contribution in [3.8, 4) is 0 Å². The molecule has 2 aliphatic heterocycles. The van der Waals surface area contributed by atoms with Crippen LogP contribution < -0.4 is 0 Å². The van der Waals surface area contributed by atoms with Gasteiger partial charge in [-0.25, -0.2) is 0 Å². The third-order valence-electron chi connectivity index (χ3n) is 4.61. The number of carbonyl (C=O) groups is 1. The smallest absolute Gasteiger partial charge is 0.252 e. The zero-order valence-corrected chi connectivity index (χ0v) is 12.7. The highest BCUT2D eigenvalue weighted by Gasteiger charge is 2.34. The van der Waals surface area contributed by atoms with E-state index in [4.69, 9.17) is 4.74 Å². The molecule has 1 saturated heterocycles. The molecule has 21 heavy (non-hydrogen) atoms. The monoisotopic (exact) mass is 285 g/mol. The molecule has 2 heterocycles. The molecule has 1 aromatic carbocycles. The zero-order chi connectivity index (χ0) is 14.8. The largest absolute Gasteiger partial charge is 0.368 e. The number of hydrogen-bond donors (Lipinski definition) is 0. The van der Waals surface area contributed by atoms with Gasteiger partial charge in [-0.3, -0.25) is 4.79 Å². The van der Waals surface area contributed by atoms with Gasteiger partial charge in [0.1, 0.15) is 6.10 Å². The van der Waals surface area contributed by atoms with Gasteiger partial charge < -0.3 is 9.64 Å². The molecule has 0 radical (unpaired) electrons. The van der Waals surface area contributed by atoms with Crippen LogP contribution in [0.15, 0.2) is 36.4 Å². The average Bonchev–Trinajstić information content (AvgIpc) is 2.53. The fourth-order valence-electron chi connectivity index (χ4n) is 3.47. The quantitative estimate of drug-likeness (QED) is 0.781. The number of rotatable bonds is 2. The predicted molar refractivity (Wildman–Crippen MR) is 83.0 cm³/mol. The van der Waals surface area contributed by atoms with E-state index in [9.17, 15) is 4.79 Å². The van der Waals surface area contributed by atoms with E-state index in [1.807, 2.05) is 4.90 Å². The second-order valence-electron chi connectivity index (χ2n) is 5.97. The minimum atomic E-state index is -0.328. The van der Waals surface area contributed by atoms with E-state index >= 15 is 0 Å². The summed E-state index contributed by atoms with van der Waals surface area (Å²) in [7, 11) is 0. The molecule has 1 aromatic rings. The van der Waals surface area contributed by atoms with Crippen molar-refractivity contribution in [2.75, 3.05) is 13.2 Å². The summed E-state index contributed by atoms with van der Waals surface area (Å²) in [5.74, 6) is 0.136. The van der Waals surface area contributed by atoms with Crippen LogP contribution >= 0.6 is 0 Å². The summed E-state index contributed by atoms with van der Waals surface area (Å²) in [5.41, 5.74) is 3.81. The number of amides is 1. The molecule has 0 aromatic heterocycles. The summed E-state index contributed by atoms with van der Waals surface area (Å²) < 4.78 is 5.69. The second kappa shape index (κ2) is 6.02. The lowest BCUT2D eigenvalue weighted by Crippen LogP contribution is -2.46. The molecule has 1 unspecified atom stereocenters. The topological polar surface area (TPSA) is 29.5 Å². The molecule has 0 N–H and O–H groups in total. The van der Waals surface area contributed by atoms with Crippen molar-refractivity contribution in [1.29, 1.82) is 0 Å². The van der Waals surface area contributed by atoms with Crippen LogP contribution in [0.1, 0.15) is 43.4 Å². The Hall–Kier alpha value is -1.61. The van der Waals surface area contributed by atoms with Crippen LogP contribution in [-0.4, -0.2) is 30.1 Å². The van der Waals surface area contributed by atoms with Crippen molar-refractivity contribution in [3.05, 3.63) is 47.5 Å². The summed E-state index contributed by atoms with van der Waals surface area (Å²) in [6.07, 6.45) is 3.10. The Labute approximate surface area is 126 Å². The maximum atomic E-state index is 12.8. The molecule has 0 spiro atoms. The first kappa shape index (κ1) is 14.3. The van der Waals surface area contributed by atoms with E-state index < -0.39 is 0 Å². The summed E-state index contributed by atoms with van der Waals surface area (Å²) in [6.45, 7) is 7.58. The van der Waals surface area contributed by atoms with Crippen molar-refractivity contribution in [3.63, 3.8) is 0 Å². The Bertz CT molecular complexity index is 552. The lowest BCUT2D eigenvalue weighted by Gasteiger charge is -2.39. The van der Waals surface area contributed by atoms with Gasteiger partial charge in [0.15, 0.2) is 0 Å². The van der Waals surface area contributed by atoms with Gasteiger partial charge in [-0.2, -0.15) is 0 Å². The average molecular weight is 285 g/mol. The first-order chi connectivity index (χ1) is 10.2. The minimum absolute atomic E-state index is 0.136. The number of ether oxygens (including phenoxy) is 1. The van der Waals surface area contributed by atoms with Crippen LogP contribution in [0.25, 0.3) is 0 Å². The van der Waals surface area contributed by atoms with Gasteiger partial charge in [-0.1, -0.05) is 43.3 Å². The van der Waals surface area contributed by atoms with Crippen LogP contribution in [0.4, 0.5) is 0 Å². The number of hydrogen-bond acceptors (Lipinski definition) is 2. The maximum absolute atomic E-state index is 12.8. The highest BCUT2D eigenvalue weighted by molar-refractivity contribution is 5.82. The van der Waals surface area contributed by atoms with Gasteiger partial charge in [0, 0.05) is 13.0 Å². The second-order valence-corrected chi connectivity index (χ2v) is 5.97. The van der Waals surface area contributed by atoms with E-state index in [2.05, 4.69) is 37.8 Å². The summed E-state index contributed by atoms with van der Waals surface area (Å²) in [5, 5.41) is 0. The van der Waals surface area contributed by atoms with Crippen LogP contribution in [0.3, 0.4) is 0 Å². The summed E-state index contributed by atoms with van der Waals surface area (Å²) in [4.78, 5) is 14.9. The fourth-order valence-corrected chi connectivity index (χ4v) is 3.47. The molecule has 0 aliphatic carbocycles. The number of carbonyl (C=O) groups excluding carboxylic acids is 1. The molecule has 0 saturated carbocycles. The highest BCUT2D eigenvalue weighted by Crippen LogP contribution is 2.33. The van der Waals surface area contributed by atoms with Gasteiger partial charge in [-0.05, 0) is 30.4 Å². The number of fused-ring (bicyclic) bond motifs is 1. The lowest BCUT2D eigenvalue weighted by molar-refractivity contribution is -0.148. The molecule has 2 atom stereocenters. The molecule has 1 amide bonds. The van der Waals surface area contributed by atoms with Crippen molar-refractivity contribution in [2.24, 2.45) is 0 Å². The molecule has 112 valence electrons. The van der Waals surface area contributed by atoms with Gasteiger partial charge in [0.25, 0.3) is 5.91 Å². The number of nitrogens with zero attached hydrogens (tertiary/aromatic N) is 1. The van der Waals surface area contributed by atoms with E-state index in [1.165, 1.54) is 11.1 Å². The zero-order valence-electron chi connectivity index (χ0n) is 12.7. The molecule has 2 aliphatic rings. The Morgan fingerprint density at radius 3 is 2.95 bits per heavy atom. The van der Waals surface area contributed by atoms with Gasteiger partial charge in [0.2, 0.25) is 0 Å². The SMILES string of the molecule is C=C1CCOC(C(=O)N2CCc3ccccc3[C@@H]2CC)C1. The summed E-state index contributed by atoms with van der Waals surface area (Å²) >= 11 is 0. The Balaban J connectivity index is 1.82.